The van der Waals surface area contributed by atoms with Crippen molar-refractivity contribution < 1.29 is 0 Å². The highest BCUT2D eigenvalue weighted by Gasteiger charge is 2.25. The Kier molecular flexibility index (Phi) is 3.75. The van der Waals surface area contributed by atoms with Crippen molar-refractivity contribution in [2.45, 2.75) is 25.4 Å². The molecule has 0 aromatic heterocycles. The molecule has 2 nitrogen and oxygen atoms in total. The topological polar surface area (TPSA) is 29.3 Å². The zero-order valence-corrected chi connectivity index (χ0v) is 10.8. The number of hydrogen-bond acceptors (Lipinski definition) is 2. The van der Waals surface area contributed by atoms with Crippen LogP contribution in [0.2, 0.25) is 10.0 Å². The van der Waals surface area contributed by atoms with E-state index in [1.807, 2.05) is 18.2 Å². The lowest BCUT2D eigenvalue weighted by atomic mass is 10.1. The van der Waals surface area contributed by atoms with Gasteiger partial charge in [-0.1, -0.05) is 23.2 Å². The number of hydrogen-bond donors (Lipinski definition) is 1. The van der Waals surface area contributed by atoms with E-state index < -0.39 is 0 Å². The number of nitrogens with two attached hydrogens (primary N) is 1. The van der Waals surface area contributed by atoms with Crippen LogP contribution in [0.5, 0.6) is 0 Å². The predicted octanol–water partition coefficient (Wildman–Crippen LogP) is 3.09. The van der Waals surface area contributed by atoms with E-state index >= 15 is 0 Å². The Morgan fingerprint density at radius 2 is 2.19 bits per heavy atom. The van der Waals surface area contributed by atoms with Gasteiger partial charge in [0.1, 0.15) is 0 Å². The molecule has 1 aliphatic rings. The molecule has 1 aliphatic heterocycles. The average molecular weight is 259 g/mol. The van der Waals surface area contributed by atoms with E-state index in [2.05, 4.69) is 11.8 Å². The Hall–Kier alpha value is -0.280. The minimum absolute atomic E-state index is 0.278. The maximum atomic E-state index is 6.19. The molecule has 0 amide bonds. The van der Waals surface area contributed by atoms with Gasteiger partial charge in [0.05, 0.1) is 0 Å². The Morgan fingerprint density at radius 1 is 1.44 bits per heavy atom. The monoisotopic (exact) mass is 258 g/mol. The highest BCUT2D eigenvalue weighted by molar-refractivity contribution is 6.33. The van der Waals surface area contributed by atoms with Crippen molar-refractivity contribution in [1.29, 1.82) is 0 Å². The minimum atomic E-state index is 0.278. The number of rotatable bonds is 2. The summed E-state index contributed by atoms with van der Waals surface area (Å²) in [5.74, 6) is 0. The van der Waals surface area contributed by atoms with Crippen LogP contribution < -0.4 is 5.73 Å². The molecular weight excluding hydrogens is 243 g/mol. The van der Waals surface area contributed by atoms with Gasteiger partial charge in [0.2, 0.25) is 0 Å². The van der Waals surface area contributed by atoms with Gasteiger partial charge in [0, 0.05) is 35.2 Å². The van der Waals surface area contributed by atoms with E-state index in [-0.39, 0.29) is 6.04 Å². The van der Waals surface area contributed by atoms with Crippen LogP contribution >= 0.6 is 23.2 Å². The summed E-state index contributed by atoms with van der Waals surface area (Å²) in [6.45, 7) is 4.12. The lowest BCUT2D eigenvalue weighted by molar-refractivity contribution is 0.260. The van der Waals surface area contributed by atoms with Crippen molar-refractivity contribution in [3.8, 4) is 0 Å². The summed E-state index contributed by atoms with van der Waals surface area (Å²) in [4.78, 5) is 2.35. The molecule has 2 N–H and O–H groups in total. The molecule has 2 atom stereocenters. The predicted molar refractivity (Wildman–Crippen MR) is 69.0 cm³/mol. The van der Waals surface area contributed by atoms with Crippen LogP contribution in [0.25, 0.3) is 0 Å². The molecule has 0 radical (unpaired) electrons. The highest BCUT2D eigenvalue weighted by atomic mass is 35.5. The largest absolute Gasteiger partial charge is 0.326 e. The number of halogens is 2. The molecule has 0 aliphatic carbocycles. The van der Waals surface area contributed by atoms with Crippen LogP contribution in [-0.4, -0.2) is 24.0 Å². The van der Waals surface area contributed by atoms with Crippen molar-refractivity contribution in [1.82, 2.24) is 4.90 Å². The normalized spacial score (nSPS) is 23.6. The second-order valence-corrected chi connectivity index (χ2v) is 5.23. The first-order chi connectivity index (χ1) is 7.58. The molecule has 2 rings (SSSR count). The Labute approximate surface area is 106 Å². The highest BCUT2D eigenvalue weighted by Crippen LogP contribution is 2.31. The van der Waals surface area contributed by atoms with Gasteiger partial charge in [-0.05, 0) is 37.1 Å². The molecule has 4 heteroatoms. The minimum Gasteiger partial charge on any atom is -0.326 e. The number of nitrogens with zero attached hydrogens (tertiary/aromatic N) is 1. The zero-order valence-electron chi connectivity index (χ0n) is 9.29. The third kappa shape index (κ3) is 2.51. The van der Waals surface area contributed by atoms with E-state index in [0.717, 1.165) is 35.1 Å². The van der Waals surface area contributed by atoms with Crippen molar-refractivity contribution in [3.05, 3.63) is 33.8 Å². The average Bonchev–Trinajstić information content (AvgIpc) is 2.67. The van der Waals surface area contributed by atoms with E-state index in [1.165, 1.54) is 0 Å². The Morgan fingerprint density at radius 3 is 2.81 bits per heavy atom. The molecule has 2 unspecified atom stereocenters. The summed E-state index contributed by atoms with van der Waals surface area (Å²) in [7, 11) is 0. The standard InChI is InChI=1S/C12H16Cl2N2/c1-8(16-5-4-10(15)7-16)11-6-9(13)2-3-12(11)14/h2-3,6,8,10H,4-5,7,15H2,1H3. The molecule has 16 heavy (non-hydrogen) atoms. The Balaban J connectivity index is 2.20. The van der Waals surface area contributed by atoms with Crippen LogP contribution in [0.1, 0.15) is 24.9 Å². The van der Waals surface area contributed by atoms with Gasteiger partial charge >= 0.3 is 0 Å². The summed E-state index contributed by atoms with van der Waals surface area (Å²) >= 11 is 12.2. The van der Waals surface area contributed by atoms with E-state index in [1.54, 1.807) is 0 Å². The summed E-state index contributed by atoms with van der Waals surface area (Å²) in [6, 6.07) is 6.18. The van der Waals surface area contributed by atoms with Crippen molar-refractivity contribution >= 4 is 23.2 Å². The Bertz CT molecular complexity index is 381. The first-order valence-corrected chi connectivity index (χ1v) is 6.28. The zero-order chi connectivity index (χ0) is 11.7. The fourth-order valence-electron chi connectivity index (χ4n) is 2.20. The van der Waals surface area contributed by atoms with Gasteiger partial charge < -0.3 is 5.73 Å². The third-order valence-electron chi connectivity index (χ3n) is 3.21. The van der Waals surface area contributed by atoms with Crippen LogP contribution in [-0.2, 0) is 0 Å². The molecule has 88 valence electrons. The molecular formula is C12H16Cl2N2. The summed E-state index contributed by atoms with van der Waals surface area (Å²) in [6.07, 6.45) is 1.06. The van der Waals surface area contributed by atoms with Gasteiger partial charge in [-0.15, -0.1) is 0 Å². The van der Waals surface area contributed by atoms with Gasteiger partial charge in [-0.3, -0.25) is 4.90 Å². The lowest BCUT2D eigenvalue weighted by Gasteiger charge is -2.25. The summed E-state index contributed by atoms with van der Waals surface area (Å²) < 4.78 is 0. The number of benzene rings is 1. The second-order valence-electron chi connectivity index (χ2n) is 4.39. The SMILES string of the molecule is CC(c1cc(Cl)ccc1Cl)N1CCC(N)C1. The van der Waals surface area contributed by atoms with Gasteiger partial charge in [0.25, 0.3) is 0 Å². The summed E-state index contributed by atoms with van der Waals surface area (Å²) in [5, 5.41) is 1.51. The third-order valence-corrected chi connectivity index (χ3v) is 3.79. The first-order valence-electron chi connectivity index (χ1n) is 5.52. The van der Waals surface area contributed by atoms with Crippen LogP contribution in [0.3, 0.4) is 0 Å². The molecule has 1 aromatic carbocycles. The quantitative estimate of drug-likeness (QED) is 0.884. The molecule has 1 saturated heterocycles. The molecule has 0 spiro atoms. The van der Waals surface area contributed by atoms with Gasteiger partial charge in [0.15, 0.2) is 0 Å². The van der Waals surface area contributed by atoms with Crippen molar-refractivity contribution in [2.75, 3.05) is 13.1 Å². The maximum absolute atomic E-state index is 6.19. The van der Waals surface area contributed by atoms with Crippen LogP contribution in [0.4, 0.5) is 0 Å². The fourth-order valence-corrected chi connectivity index (χ4v) is 2.65. The van der Waals surface area contributed by atoms with E-state index in [0.29, 0.717) is 6.04 Å². The first kappa shape index (κ1) is 12.2. The molecule has 0 saturated carbocycles. The van der Waals surface area contributed by atoms with E-state index in [4.69, 9.17) is 28.9 Å². The molecule has 1 heterocycles. The van der Waals surface area contributed by atoms with Crippen LogP contribution in [0, 0.1) is 0 Å². The van der Waals surface area contributed by atoms with Gasteiger partial charge in [-0.2, -0.15) is 0 Å². The fraction of sp³-hybridized carbons (Fsp3) is 0.500. The van der Waals surface area contributed by atoms with Crippen LogP contribution in [0.15, 0.2) is 18.2 Å². The smallest absolute Gasteiger partial charge is 0.0454 e. The molecule has 0 bridgehead atoms. The second kappa shape index (κ2) is 4.92. The lowest BCUT2D eigenvalue weighted by Crippen LogP contribution is -2.28. The maximum Gasteiger partial charge on any atom is 0.0454 e. The van der Waals surface area contributed by atoms with Crippen molar-refractivity contribution in [2.24, 2.45) is 5.73 Å². The van der Waals surface area contributed by atoms with Gasteiger partial charge in [-0.25, -0.2) is 0 Å². The summed E-state index contributed by atoms with van der Waals surface area (Å²) in [5.41, 5.74) is 6.99. The number of likely N-dealkylation sites (tertiary alicyclic amines) is 1. The van der Waals surface area contributed by atoms with E-state index in [9.17, 15) is 0 Å². The molecule has 1 aromatic rings. The van der Waals surface area contributed by atoms with Crippen molar-refractivity contribution in [3.63, 3.8) is 0 Å². The molecule has 1 fully saturated rings.